The fraction of sp³-hybridized carbons (Fsp3) is 0.387. The number of rotatable bonds is 8. The number of aromatic carboxylic acids is 1. The fourth-order valence-corrected chi connectivity index (χ4v) is 6.09. The van der Waals surface area contributed by atoms with Gasteiger partial charge in [-0.15, -0.1) is 5.10 Å². The van der Waals surface area contributed by atoms with Crippen molar-refractivity contribution in [2.24, 2.45) is 13.0 Å². The number of hydrogen-bond acceptors (Lipinski definition) is 4. The summed E-state index contributed by atoms with van der Waals surface area (Å²) in [5.41, 5.74) is 5.17. The van der Waals surface area contributed by atoms with E-state index in [1.165, 1.54) is 32.1 Å². The molecule has 0 radical (unpaired) electrons. The number of carbonyl (C=O) groups is 1. The lowest BCUT2D eigenvalue weighted by atomic mass is 9.86. The Kier molecular flexibility index (Phi) is 6.52. The minimum Gasteiger partial charge on any atom is -0.490 e. The van der Waals surface area contributed by atoms with E-state index in [4.69, 9.17) is 4.74 Å². The Morgan fingerprint density at radius 1 is 1.03 bits per heavy atom. The molecule has 0 saturated heterocycles. The Labute approximate surface area is 223 Å². The molecule has 1 unspecified atom stereocenters. The van der Waals surface area contributed by atoms with Gasteiger partial charge in [0.25, 0.3) is 0 Å². The number of carboxylic acids is 1. The molecule has 4 aromatic rings. The predicted molar refractivity (Wildman–Crippen MR) is 146 cm³/mol. The van der Waals surface area contributed by atoms with Gasteiger partial charge in [0, 0.05) is 42.7 Å². The summed E-state index contributed by atoms with van der Waals surface area (Å²) in [7, 11) is 1.85. The molecule has 38 heavy (non-hydrogen) atoms. The summed E-state index contributed by atoms with van der Waals surface area (Å²) in [6.07, 6.45) is 11.3. The third kappa shape index (κ3) is 4.85. The van der Waals surface area contributed by atoms with Crippen LogP contribution >= 0.6 is 0 Å². The van der Waals surface area contributed by atoms with Crippen LogP contribution in [0, 0.1) is 5.92 Å². The maximum absolute atomic E-state index is 12.1. The van der Waals surface area contributed by atoms with Crippen molar-refractivity contribution in [2.75, 3.05) is 0 Å². The largest absolute Gasteiger partial charge is 0.490 e. The van der Waals surface area contributed by atoms with Gasteiger partial charge in [-0.2, -0.15) is 0 Å². The molecule has 0 amide bonds. The Morgan fingerprint density at radius 3 is 2.53 bits per heavy atom. The second-order valence-electron chi connectivity index (χ2n) is 10.9. The van der Waals surface area contributed by atoms with E-state index in [0.717, 1.165) is 40.4 Å². The van der Waals surface area contributed by atoms with Crippen LogP contribution in [0.1, 0.15) is 79.0 Å². The maximum atomic E-state index is 12.1. The van der Waals surface area contributed by atoms with E-state index in [1.807, 2.05) is 48.3 Å². The van der Waals surface area contributed by atoms with Crippen LogP contribution in [0.25, 0.3) is 16.8 Å². The quantitative estimate of drug-likeness (QED) is 0.289. The average Bonchev–Trinajstić information content (AvgIpc) is 3.38. The van der Waals surface area contributed by atoms with Crippen LogP contribution in [0.3, 0.4) is 0 Å². The van der Waals surface area contributed by atoms with Gasteiger partial charge in [-0.3, -0.25) is 4.68 Å². The molecular weight excluding hydrogens is 476 g/mol. The third-order valence-electron chi connectivity index (χ3n) is 8.23. The first-order valence-electron chi connectivity index (χ1n) is 13.7. The number of carboxylic acid groups (broad SMARTS) is 1. The number of aromatic nitrogens is 4. The van der Waals surface area contributed by atoms with Crippen molar-refractivity contribution < 1.29 is 14.6 Å². The van der Waals surface area contributed by atoms with Crippen LogP contribution in [0.2, 0.25) is 0 Å². The van der Waals surface area contributed by atoms with Crippen molar-refractivity contribution in [3.05, 3.63) is 83.9 Å². The molecule has 2 heterocycles. The van der Waals surface area contributed by atoms with Crippen LogP contribution in [0.15, 0.2) is 67.0 Å². The molecule has 2 aliphatic carbocycles. The van der Waals surface area contributed by atoms with E-state index in [-0.39, 0.29) is 17.9 Å². The summed E-state index contributed by atoms with van der Waals surface area (Å²) >= 11 is 0. The van der Waals surface area contributed by atoms with Crippen molar-refractivity contribution in [3.8, 4) is 22.6 Å². The molecule has 7 nitrogen and oxygen atoms in total. The lowest BCUT2D eigenvalue weighted by Crippen LogP contribution is -2.25. The Hall–Kier alpha value is -3.87. The first-order valence-corrected chi connectivity index (χ1v) is 13.7. The van der Waals surface area contributed by atoms with E-state index in [2.05, 4.69) is 41.5 Å². The van der Waals surface area contributed by atoms with Gasteiger partial charge in [-0.25, -0.2) is 4.79 Å². The van der Waals surface area contributed by atoms with Crippen LogP contribution in [0.4, 0.5) is 0 Å². The maximum Gasteiger partial charge on any atom is 0.337 e. The molecule has 2 aromatic heterocycles. The Bertz CT molecular complexity index is 1450. The third-order valence-corrected chi connectivity index (χ3v) is 8.23. The zero-order valence-corrected chi connectivity index (χ0v) is 22.0. The van der Waals surface area contributed by atoms with Crippen LogP contribution < -0.4 is 4.74 Å². The molecule has 2 aliphatic rings. The summed E-state index contributed by atoms with van der Waals surface area (Å²) in [5.74, 6) is 0.884. The van der Waals surface area contributed by atoms with Crippen LogP contribution in [-0.4, -0.2) is 36.7 Å². The van der Waals surface area contributed by atoms with Gasteiger partial charge in [0.2, 0.25) is 0 Å². The highest BCUT2D eigenvalue weighted by molar-refractivity contribution is 5.90. The molecule has 2 fully saturated rings. The monoisotopic (exact) mass is 510 g/mol. The van der Waals surface area contributed by atoms with Crippen LogP contribution in [0.5, 0.6) is 5.75 Å². The minimum atomic E-state index is -0.906. The Morgan fingerprint density at radius 2 is 1.79 bits per heavy atom. The van der Waals surface area contributed by atoms with E-state index >= 15 is 0 Å². The molecule has 6 rings (SSSR count). The number of nitrogens with zero attached hydrogens (tertiary/aromatic N) is 4. The summed E-state index contributed by atoms with van der Waals surface area (Å²) in [6, 6.07) is 18.3. The number of aryl methyl sites for hydroxylation is 1. The summed E-state index contributed by atoms with van der Waals surface area (Å²) < 4.78 is 10.1. The average molecular weight is 511 g/mol. The summed E-state index contributed by atoms with van der Waals surface area (Å²) in [4.78, 5) is 12.1. The lowest BCUT2D eigenvalue weighted by Gasteiger charge is -2.28. The van der Waals surface area contributed by atoms with E-state index < -0.39 is 5.97 Å². The molecule has 3 atom stereocenters. The molecule has 2 aromatic carbocycles. The molecular formula is C31H34N4O3. The van der Waals surface area contributed by atoms with Gasteiger partial charge in [-0.1, -0.05) is 48.7 Å². The minimum absolute atomic E-state index is 0.0921. The fourth-order valence-electron chi connectivity index (χ4n) is 6.09. The van der Waals surface area contributed by atoms with Gasteiger partial charge < -0.3 is 14.4 Å². The van der Waals surface area contributed by atoms with Crippen molar-refractivity contribution in [3.63, 3.8) is 0 Å². The molecule has 0 spiro atoms. The summed E-state index contributed by atoms with van der Waals surface area (Å²) in [6.45, 7) is 2.20. The highest BCUT2D eigenvalue weighted by Crippen LogP contribution is 2.55. The van der Waals surface area contributed by atoms with Gasteiger partial charge in [-0.05, 0) is 73.6 Å². The van der Waals surface area contributed by atoms with Gasteiger partial charge in [0.05, 0.1) is 17.4 Å². The second-order valence-corrected chi connectivity index (χ2v) is 10.9. The van der Waals surface area contributed by atoms with Crippen molar-refractivity contribution in [2.45, 2.75) is 63.4 Å². The molecule has 1 N–H and O–H groups in total. The highest BCUT2D eigenvalue weighted by Gasteiger charge is 2.45. The SMILES string of the molecule is CC(Oc1cccc(-c2cccc(-n3ccc(C(=O)O)c3[C@H]3C[C@@H]3c3cn(C)nn3)c2)c1)C1CCCCC1. The predicted octanol–water partition coefficient (Wildman–Crippen LogP) is 6.59. The number of ether oxygens (including phenoxy) is 1. The molecule has 0 aliphatic heterocycles. The van der Waals surface area contributed by atoms with Crippen LogP contribution in [-0.2, 0) is 7.05 Å². The van der Waals surface area contributed by atoms with Gasteiger partial charge in [0.1, 0.15) is 5.75 Å². The van der Waals surface area contributed by atoms with E-state index in [9.17, 15) is 9.90 Å². The van der Waals surface area contributed by atoms with Gasteiger partial charge >= 0.3 is 5.97 Å². The Balaban J connectivity index is 1.28. The van der Waals surface area contributed by atoms with Crippen molar-refractivity contribution >= 4 is 5.97 Å². The highest BCUT2D eigenvalue weighted by atomic mass is 16.5. The first-order chi connectivity index (χ1) is 18.5. The normalized spacial score (nSPS) is 20.3. The second kappa shape index (κ2) is 10.1. The lowest BCUT2D eigenvalue weighted by molar-refractivity contribution is 0.0695. The van der Waals surface area contributed by atoms with E-state index in [0.29, 0.717) is 11.5 Å². The smallest absolute Gasteiger partial charge is 0.337 e. The van der Waals surface area contributed by atoms with E-state index in [1.54, 1.807) is 10.7 Å². The molecule has 0 bridgehead atoms. The first kappa shape index (κ1) is 24.5. The molecule has 7 heteroatoms. The van der Waals surface area contributed by atoms with Crippen molar-refractivity contribution in [1.29, 1.82) is 0 Å². The zero-order chi connectivity index (χ0) is 26.2. The zero-order valence-electron chi connectivity index (χ0n) is 22.0. The number of hydrogen-bond donors (Lipinski definition) is 1. The topological polar surface area (TPSA) is 82.2 Å². The number of benzene rings is 2. The molecule has 196 valence electrons. The van der Waals surface area contributed by atoms with Crippen molar-refractivity contribution in [1.82, 2.24) is 19.6 Å². The van der Waals surface area contributed by atoms with Gasteiger partial charge in [0.15, 0.2) is 0 Å². The standard InChI is InChI=1S/C31H34N4O3/c1-20(21-8-4-3-5-9-21)38-25-13-7-11-23(17-25)22-10-6-12-24(16-22)35-15-14-26(31(36)37)30(35)28-18-27(28)29-19-34(2)33-32-29/h6-7,10-17,19-21,27-28H,3-5,8-9,18H2,1-2H3,(H,36,37)/t20?,27-,28-/m0/s1. The summed E-state index contributed by atoms with van der Waals surface area (Å²) in [5, 5.41) is 18.3. The molecule has 2 saturated carbocycles.